The van der Waals surface area contributed by atoms with Crippen LogP contribution in [0.3, 0.4) is 0 Å². The third-order valence-corrected chi connectivity index (χ3v) is 4.51. The van der Waals surface area contributed by atoms with Crippen LogP contribution in [0.1, 0.15) is 12.8 Å². The summed E-state index contributed by atoms with van der Waals surface area (Å²) >= 11 is 0. The molecule has 15 heavy (non-hydrogen) atoms. The summed E-state index contributed by atoms with van der Waals surface area (Å²) in [5.74, 6) is -1.14. The van der Waals surface area contributed by atoms with Crippen LogP contribution in [-0.2, 0) is 19.6 Å². The van der Waals surface area contributed by atoms with Crippen molar-refractivity contribution in [2.45, 2.75) is 18.1 Å². The Hall–Kier alpha value is -0.660. The summed E-state index contributed by atoms with van der Waals surface area (Å²) in [4.78, 5) is 10.5. The number of hydrogen-bond acceptors (Lipinski definition) is 4. The van der Waals surface area contributed by atoms with E-state index in [0.717, 1.165) is 4.31 Å². The topological polar surface area (TPSA) is 83.9 Å². The van der Waals surface area contributed by atoms with Crippen molar-refractivity contribution in [2.75, 3.05) is 26.8 Å². The molecule has 0 aromatic heterocycles. The molecular weight excluding hydrogens is 222 g/mol. The van der Waals surface area contributed by atoms with Gasteiger partial charge in [0.1, 0.15) is 6.54 Å². The molecule has 0 saturated heterocycles. The highest BCUT2D eigenvalue weighted by Gasteiger charge is 2.40. The van der Waals surface area contributed by atoms with E-state index in [2.05, 4.69) is 0 Å². The van der Waals surface area contributed by atoms with E-state index in [4.69, 9.17) is 9.84 Å². The van der Waals surface area contributed by atoms with Gasteiger partial charge < -0.3 is 9.84 Å². The van der Waals surface area contributed by atoms with Crippen LogP contribution in [0.2, 0.25) is 0 Å². The molecule has 0 heterocycles. The molecule has 0 aliphatic heterocycles. The molecule has 1 saturated carbocycles. The van der Waals surface area contributed by atoms with Crippen LogP contribution in [0.25, 0.3) is 0 Å². The quantitative estimate of drug-likeness (QED) is 0.646. The predicted molar refractivity (Wildman–Crippen MR) is 53.0 cm³/mol. The summed E-state index contributed by atoms with van der Waals surface area (Å²) in [7, 11) is -1.98. The van der Waals surface area contributed by atoms with Gasteiger partial charge in [-0.25, -0.2) is 8.42 Å². The Labute approximate surface area is 88.9 Å². The maximum Gasteiger partial charge on any atom is 0.318 e. The van der Waals surface area contributed by atoms with Gasteiger partial charge in [-0.2, -0.15) is 4.31 Å². The molecule has 0 radical (unpaired) electrons. The van der Waals surface area contributed by atoms with Crippen molar-refractivity contribution < 1.29 is 23.1 Å². The summed E-state index contributed by atoms with van der Waals surface area (Å²) in [6.07, 6.45) is 1.26. The molecule has 0 unspecified atom stereocenters. The standard InChI is InChI=1S/C8H15NO5S/c1-14-5-4-9(6-8(10)11)15(12,13)7-2-3-7/h7H,2-6H2,1H3,(H,10,11). The van der Waals surface area contributed by atoms with Gasteiger partial charge in [-0.3, -0.25) is 4.79 Å². The van der Waals surface area contributed by atoms with Crippen LogP contribution in [-0.4, -0.2) is 55.9 Å². The summed E-state index contributed by atoms with van der Waals surface area (Å²) in [5, 5.41) is 8.22. The van der Waals surface area contributed by atoms with Gasteiger partial charge in [0.25, 0.3) is 0 Å². The minimum Gasteiger partial charge on any atom is -0.480 e. The molecule has 1 N–H and O–H groups in total. The first kappa shape index (κ1) is 12.4. The lowest BCUT2D eigenvalue weighted by Crippen LogP contribution is -2.39. The lowest BCUT2D eigenvalue weighted by molar-refractivity contribution is -0.137. The highest BCUT2D eigenvalue weighted by atomic mass is 32.2. The minimum absolute atomic E-state index is 0.0988. The number of ether oxygens (including phenoxy) is 1. The fourth-order valence-corrected chi connectivity index (χ4v) is 2.99. The second kappa shape index (κ2) is 4.91. The van der Waals surface area contributed by atoms with Crippen LogP contribution >= 0.6 is 0 Å². The zero-order valence-electron chi connectivity index (χ0n) is 8.55. The molecule has 0 atom stereocenters. The number of rotatable bonds is 7. The van der Waals surface area contributed by atoms with Crippen LogP contribution in [0.15, 0.2) is 0 Å². The van der Waals surface area contributed by atoms with Gasteiger partial charge in [0.2, 0.25) is 10.0 Å². The van der Waals surface area contributed by atoms with Gasteiger partial charge in [0.05, 0.1) is 11.9 Å². The maximum absolute atomic E-state index is 11.7. The smallest absolute Gasteiger partial charge is 0.318 e. The van der Waals surface area contributed by atoms with Gasteiger partial charge in [0, 0.05) is 13.7 Å². The van der Waals surface area contributed by atoms with Crippen LogP contribution in [0, 0.1) is 0 Å². The number of aliphatic carboxylic acids is 1. The van der Waals surface area contributed by atoms with Gasteiger partial charge in [-0.15, -0.1) is 0 Å². The largest absolute Gasteiger partial charge is 0.480 e. The van der Waals surface area contributed by atoms with E-state index in [0.29, 0.717) is 12.8 Å². The Bertz CT molecular complexity index is 322. The number of carboxylic acid groups (broad SMARTS) is 1. The number of methoxy groups -OCH3 is 1. The Morgan fingerprint density at radius 1 is 1.53 bits per heavy atom. The summed E-state index contributed by atoms with van der Waals surface area (Å²) in [5.41, 5.74) is 0. The molecule has 0 amide bonds. The zero-order valence-corrected chi connectivity index (χ0v) is 9.37. The zero-order chi connectivity index (χ0) is 11.5. The molecule has 1 aliphatic rings. The van der Waals surface area contributed by atoms with Gasteiger partial charge >= 0.3 is 5.97 Å². The molecule has 88 valence electrons. The number of hydrogen-bond donors (Lipinski definition) is 1. The molecule has 0 bridgehead atoms. The first-order valence-corrected chi connectivity index (χ1v) is 6.18. The highest BCUT2D eigenvalue weighted by Crippen LogP contribution is 2.30. The van der Waals surface area contributed by atoms with Gasteiger partial charge in [-0.1, -0.05) is 0 Å². The van der Waals surface area contributed by atoms with E-state index in [1.807, 2.05) is 0 Å². The molecule has 6 nitrogen and oxygen atoms in total. The van der Waals surface area contributed by atoms with Crippen molar-refractivity contribution in [3.8, 4) is 0 Å². The number of carboxylic acids is 1. The Kier molecular flexibility index (Phi) is 4.06. The van der Waals surface area contributed by atoms with Crippen molar-refractivity contribution in [3.63, 3.8) is 0 Å². The van der Waals surface area contributed by atoms with Crippen molar-refractivity contribution >= 4 is 16.0 Å². The van der Waals surface area contributed by atoms with E-state index in [1.54, 1.807) is 0 Å². The third-order valence-electron chi connectivity index (χ3n) is 2.16. The first-order chi connectivity index (χ1) is 6.98. The normalized spacial score (nSPS) is 16.9. The third kappa shape index (κ3) is 3.44. The van der Waals surface area contributed by atoms with E-state index in [1.165, 1.54) is 7.11 Å². The molecule has 1 aliphatic carbocycles. The second-order valence-electron chi connectivity index (χ2n) is 3.46. The first-order valence-electron chi connectivity index (χ1n) is 4.68. The Morgan fingerprint density at radius 3 is 2.53 bits per heavy atom. The SMILES string of the molecule is COCCN(CC(=O)O)S(=O)(=O)C1CC1. The lowest BCUT2D eigenvalue weighted by atomic mass is 10.6. The maximum atomic E-state index is 11.7. The van der Waals surface area contributed by atoms with Crippen LogP contribution in [0.5, 0.6) is 0 Å². The molecular formula is C8H15NO5S. The average molecular weight is 237 g/mol. The van der Waals surface area contributed by atoms with Crippen molar-refractivity contribution in [2.24, 2.45) is 0 Å². The number of sulfonamides is 1. The second-order valence-corrected chi connectivity index (χ2v) is 5.68. The monoisotopic (exact) mass is 237 g/mol. The van der Waals surface area contributed by atoms with E-state index in [-0.39, 0.29) is 18.4 Å². The highest BCUT2D eigenvalue weighted by molar-refractivity contribution is 7.90. The molecule has 7 heteroatoms. The summed E-state index contributed by atoms with van der Waals surface area (Å²) in [6, 6.07) is 0. The summed E-state index contributed by atoms with van der Waals surface area (Å²) < 4.78 is 29.2. The number of nitrogens with zero attached hydrogens (tertiary/aromatic N) is 1. The Balaban J connectivity index is 2.65. The van der Waals surface area contributed by atoms with Crippen molar-refractivity contribution in [3.05, 3.63) is 0 Å². The lowest BCUT2D eigenvalue weighted by Gasteiger charge is -2.19. The van der Waals surface area contributed by atoms with E-state index >= 15 is 0 Å². The predicted octanol–water partition coefficient (Wildman–Crippen LogP) is -0.488. The van der Waals surface area contributed by atoms with Crippen molar-refractivity contribution in [1.82, 2.24) is 4.31 Å². The number of carbonyl (C=O) groups is 1. The molecule has 1 fully saturated rings. The summed E-state index contributed by atoms with van der Waals surface area (Å²) in [6.45, 7) is -0.178. The molecule has 1 rings (SSSR count). The average Bonchev–Trinajstić information content (AvgIpc) is 2.94. The van der Waals surface area contributed by atoms with Crippen molar-refractivity contribution in [1.29, 1.82) is 0 Å². The molecule has 0 spiro atoms. The van der Waals surface area contributed by atoms with Crippen LogP contribution < -0.4 is 0 Å². The van der Waals surface area contributed by atoms with E-state index < -0.39 is 22.5 Å². The minimum atomic E-state index is -3.42. The van der Waals surface area contributed by atoms with Gasteiger partial charge in [-0.05, 0) is 12.8 Å². The Morgan fingerprint density at radius 2 is 2.13 bits per heavy atom. The van der Waals surface area contributed by atoms with Crippen LogP contribution in [0.4, 0.5) is 0 Å². The van der Waals surface area contributed by atoms with Gasteiger partial charge in [0.15, 0.2) is 0 Å². The fraction of sp³-hybridized carbons (Fsp3) is 0.875. The molecule has 0 aromatic rings. The molecule has 0 aromatic carbocycles. The van der Waals surface area contributed by atoms with E-state index in [9.17, 15) is 13.2 Å². The fourth-order valence-electron chi connectivity index (χ4n) is 1.22.